The standard InChI is InChI=1S/C16H16FNO/c1-18(15-7-3-2-6-13(15)17)14-10-9-12-11(14)5-4-8-16(12)19/h2-8,14,19H,9-10H2,1H3. The van der Waals surface area contributed by atoms with Gasteiger partial charge in [-0.3, -0.25) is 0 Å². The number of rotatable bonds is 2. The van der Waals surface area contributed by atoms with E-state index in [1.165, 1.54) is 6.07 Å². The Bertz CT molecular complexity index is 611. The molecule has 2 aromatic carbocycles. The number of hydrogen-bond donors (Lipinski definition) is 1. The Hall–Kier alpha value is -2.03. The third-order valence-electron chi connectivity index (χ3n) is 3.91. The molecule has 0 heterocycles. The van der Waals surface area contributed by atoms with E-state index in [0.29, 0.717) is 11.4 Å². The van der Waals surface area contributed by atoms with Crippen LogP contribution in [0, 0.1) is 5.82 Å². The Morgan fingerprint density at radius 2 is 1.95 bits per heavy atom. The van der Waals surface area contributed by atoms with Gasteiger partial charge in [-0.05, 0) is 42.2 Å². The van der Waals surface area contributed by atoms with Gasteiger partial charge in [0, 0.05) is 7.05 Å². The maximum absolute atomic E-state index is 13.9. The second-order valence-corrected chi connectivity index (χ2v) is 4.96. The van der Waals surface area contributed by atoms with Crippen molar-refractivity contribution in [3.8, 4) is 5.75 Å². The number of nitrogens with zero attached hydrogens (tertiary/aromatic N) is 1. The maximum Gasteiger partial charge on any atom is 0.146 e. The lowest BCUT2D eigenvalue weighted by atomic mass is 10.1. The van der Waals surface area contributed by atoms with Gasteiger partial charge in [0.2, 0.25) is 0 Å². The van der Waals surface area contributed by atoms with Crippen molar-refractivity contribution in [2.75, 3.05) is 11.9 Å². The molecule has 2 nitrogen and oxygen atoms in total. The molecule has 1 unspecified atom stereocenters. The Labute approximate surface area is 112 Å². The molecule has 98 valence electrons. The third-order valence-corrected chi connectivity index (χ3v) is 3.91. The SMILES string of the molecule is CN(c1ccccc1F)C1CCc2c(O)cccc21. The van der Waals surface area contributed by atoms with Crippen molar-refractivity contribution < 1.29 is 9.50 Å². The molecule has 0 spiro atoms. The lowest BCUT2D eigenvalue weighted by Crippen LogP contribution is -2.23. The molecule has 0 saturated carbocycles. The number of anilines is 1. The molecule has 0 amide bonds. The summed E-state index contributed by atoms with van der Waals surface area (Å²) < 4.78 is 13.9. The number of phenolic OH excluding ortho intramolecular Hbond substituents is 1. The molecule has 0 fully saturated rings. The van der Waals surface area contributed by atoms with Crippen LogP contribution in [0.4, 0.5) is 10.1 Å². The van der Waals surface area contributed by atoms with Crippen LogP contribution in [-0.4, -0.2) is 12.2 Å². The Kier molecular flexibility index (Phi) is 2.90. The second kappa shape index (κ2) is 4.57. The maximum atomic E-state index is 13.9. The molecule has 0 aliphatic heterocycles. The highest BCUT2D eigenvalue weighted by Crippen LogP contribution is 2.41. The summed E-state index contributed by atoms with van der Waals surface area (Å²) in [6, 6.07) is 12.5. The molecule has 0 radical (unpaired) electrons. The second-order valence-electron chi connectivity index (χ2n) is 4.96. The molecular formula is C16H16FNO. The first-order chi connectivity index (χ1) is 9.18. The number of aromatic hydroxyl groups is 1. The number of fused-ring (bicyclic) bond motifs is 1. The zero-order chi connectivity index (χ0) is 13.4. The van der Waals surface area contributed by atoms with Gasteiger partial charge in [-0.25, -0.2) is 4.39 Å². The van der Waals surface area contributed by atoms with E-state index in [9.17, 15) is 9.50 Å². The zero-order valence-electron chi connectivity index (χ0n) is 10.8. The highest BCUT2D eigenvalue weighted by atomic mass is 19.1. The fourth-order valence-electron chi connectivity index (χ4n) is 2.92. The fraction of sp³-hybridized carbons (Fsp3) is 0.250. The molecule has 1 atom stereocenters. The van der Waals surface area contributed by atoms with Gasteiger partial charge in [0.05, 0.1) is 11.7 Å². The van der Waals surface area contributed by atoms with Crippen LogP contribution in [0.3, 0.4) is 0 Å². The summed E-state index contributed by atoms with van der Waals surface area (Å²) in [5.74, 6) is 0.139. The van der Waals surface area contributed by atoms with Gasteiger partial charge in [0.25, 0.3) is 0 Å². The number of benzene rings is 2. The summed E-state index contributed by atoms with van der Waals surface area (Å²) in [6.45, 7) is 0. The summed E-state index contributed by atoms with van der Waals surface area (Å²) in [7, 11) is 1.90. The van der Waals surface area contributed by atoms with E-state index in [1.54, 1.807) is 18.2 Å². The normalized spacial score (nSPS) is 17.3. The summed E-state index contributed by atoms with van der Waals surface area (Å²) in [5.41, 5.74) is 2.70. The first-order valence-electron chi connectivity index (χ1n) is 6.46. The van der Waals surface area contributed by atoms with Crippen molar-refractivity contribution in [2.24, 2.45) is 0 Å². The van der Waals surface area contributed by atoms with Crippen LogP contribution in [0.2, 0.25) is 0 Å². The lowest BCUT2D eigenvalue weighted by Gasteiger charge is -2.28. The van der Waals surface area contributed by atoms with Gasteiger partial charge in [-0.1, -0.05) is 24.3 Å². The molecule has 1 aliphatic carbocycles. The van der Waals surface area contributed by atoms with Crippen molar-refractivity contribution in [3.63, 3.8) is 0 Å². The predicted octanol–water partition coefficient (Wildman–Crippen LogP) is 3.66. The van der Waals surface area contributed by atoms with Crippen LogP contribution in [0.1, 0.15) is 23.6 Å². The van der Waals surface area contributed by atoms with Crippen molar-refractivity contribution in [3.05, 3.63) is 59.4 Å². The molecule has 0 bridgehead atoms. The van der Waals surface area contributed by atoms with E-state index in [-0.39, 0.29) is 11.9 Å². The highest BCUT2D eigenvalue weighted by Gasteiger charge is 2.28. The van der Waals surface area contributed by atoms with Crippen LogP contribution in [0.25, 0.3) is 0 Å². The van der Waals surface area contributed by atoms with Crippen molar-refractivity contribution in [1.82, 2.24) is 0 Å². The van der Waals surface area contributed by atoms with E-state index in [2.05, 4.69) is 0 Å². The van der Waals surface area contributed by atoms with E-state index in [0.717, 1.165) is 24.0 Å². The predicted molar refractivity (Wildman–Crippen MR) is 74.0 cm³/mol. The molecular weight excluding hydrogens is 241 g/mol. The number of para-hydroxylation sites is 1. The molecule has 0 saturated heterocycles. The zero-order valence-corrected chi connectivity index (χ0v) is 10.8. The number of halogens is 1. The molecule has 1 aliphatic rings. The Morgan fingerprint density at radius 1 is 1.16 bits per heavy atom. The van der Waals surface area contributed by atoms with E-state index in [1.807, 2.05) is 30.1 Å². The van der Waals surface area contributed by atoms with Crippen LogP contribution in [0.15, 0.2) is 42.5 Å². The van der Waals surface area contributed by atoms with Crippen LogP contribution in [-0.2, 0) is 6.42 Å². The molecule has 19 heavy (non-hydrogen) atoms. The van der Waals surface area contributed by atoms with Gasteiger partial charge >= 0.3 is 0 Å². The van der Waals surface area contributed by atoms with E-state index < -0.39 is 0 Å². The molecule has 2 aromatic rings. The fourth-order valence-corrected chi connectivity index (χ4v) is 2.92. The van der Waals surface area contributed by atoms with Gasteiger partial charge in [-0.2, -0.15) is 0 Å². The Balaban J connectivity index is 1.98. The number of hydrogen-bond acceptors (Lipinski definition) is 2. The van der Waals surface area contributed by atoms with Crippen molar-refractivity contribution in [1.29, 1.82) is 0 Å². The van der Waals surface area contributed by atoms with Gasteiger partial charge in [0.15, 0.2) is 0 Å². The molecule has 3 heteroatoms. The van der Waals surface area contributed by atoms with Crippen LogP contribution in [0.5, 0.6) is 5.75 Å². The molecule has 1 N–H and O–H groups in total. The van der Waals surface area contributed by atoms with E-state index in [4.69, 9.17) is 0 Å². The quantitative estimate of drug-likeness (QED) is 0.887. The van der Waals surface area contributed by atoms with Crippen LogP contribution >= 0.6 is 0 Å². The summed E-state index contributed by atoms with van der Waals surface area (Å²) >= 11 is 0. The molecule has 3 rings (SSSR count). The Morgan fingerprint density at radius 3 is 2.74 bits per heavy atom. The average Bonchev–Trinajstić information content (AvgIpc) is 2.84. The first-order valence-corrected chi connectivity index (χ1v) is 6.46. The number of phenols is 1. The van der Waals surface area contributed by atoms with Gasteiger partial charge in [-0.15, -0.1) is 0 Å². The minimum atomic E-state index is -0.210. The smallest absolute Gasteiger partial charge is 0.146 e. The topological polar surface area (TPSA) is 23.5 Å². The average molecular weight is 257 g/mol. The van der Waals surface area contributed by atoms with Crippen LogP contribution < -0.4 is 4.90 Å². The lowest BCUT2D eigenvalue weighted by molar-refractivity contribution is 0.469. The molecule has 0 aromatic heterocycles. The van der Waals surface area contributed by atoms with Gasteiger partial charge < -0.3 is 10.0 Å². The van der Waals surface area contributed by atoms with Crippen molar-refractivity contribution in [2.45, 2.75) is 18.9 Å². The van der Waals surface area contributed by atoms with E-state index >= 15 is 0 Å². The largest absolute Gasteiger partial charge is 0.508 e. The minimum Gasteiger partial charge on any atom is -0.508 e. The monoisotopic (exact) mass is 257 g/mol. The first kappa shape index (κ1) is 12.0. The summed E-state index contributed by atoms with van der Waals surface area (Å²) in [6.07, 6.45) is 1.74. The summed E-state index contributed by atoms with van der Waals surface area (Å²) in [5, 5.41) is 9.86. The third kappa shape index (κ3) is 1.95. The summed E-state index contributed by atoms with van der Waals surface area (Å²) in [4.78, 5) is 1.96. The minimum absolute atomic E-state index is 0.124. The van der Waals surface area contributed by atoms with Crippen molar-refractivity contribution >= 4 is 5.69 Å². The highest BCUT2D eigenvalue weighted by molar-refractivity contribution is 5.53. The van der Waals surface area contributed by atoms with Gasteiger partial charge in [0.1, 0.15) is 11.6 Å².